The summed E-state index contributed by atoms with van der Waals surface area (Å²) >= 11 is 0. The lowest BCUT2D eigenvalue weighted by molar-refractivity contribution is -0.0453. The molecule has 2 atom stereocenters. The zero-order valence-electron chi connectivity index (χ0n) is 10.8. The van der Waals surface area contributed by atoms with Crippen LogP contribution in [-0.2, 0) is 9.47 Å². The average molecular weight is 230 g/mol. The second-order valence-electron chi connectivity index (χ2n) is 5.04. The minimum Gasteiger partial charge on any atom is -0.380 e. The van der Waals surface area contributed by atoms with Gasteiger partial charge in [-0.3, -0.25) is 4.90 Å². The quantitative estimate of drug-likeness (QED) is 0.683. The van der Waals surface area contributed by atoms with E-state index in [1.165, 1.54) is 0 Å². The Morgan fingerprint density at radius 1 is 1.44 bits per heavy atom. The summed E-state index contributed by atoms with van der Waals surface area (Å²) in [5.74, 6) is 0.613. The molecule has 0 aromatic rings. The van der Waals surface area contributed by atoms with Crippen LogP contribution in [0.3, 0.4) is 0 Å². The van der Waals surface area contributed by atoms with Crippen molar-refractivity contribution < 1.29 is 9.47 Å². The second-order valence-corrected chi connectivity index (χ2v) is 5.04. The number of nitrogens with zero attached hydrogens (tertiary/aromatic N) is 1. The van der Waals surface area contributed by atoms with Crippen molar-refractivity contribution >= 4 is 0 Å². The fraction of sp³-hybridized carbons (Fsp3) is 1.00. The highest BCUT2D eigenvalue weighted by Crippen LogP contribution is 2.07. The summed E-state index contributed by atoms with van der Waals surface area (Å²) in [4.78, 5) is 2.37. The molecule has 1 aliphatic heterocycles. The molecule has 0 aliphatic carbocycles. The molecule has 0 spiro atoms. The molecular weight excluding hydrogens is 204 g/mol. The van der Waals surface area contributed by atoms with Gasteiger partial charge in [0.15, 0.2) is 0 Å². The lowest BCUT2D eigenvalue weighted by Crippen LogP contribution is -2.50. The first-order valence-electron chi connectivity index (χ1n) is 6.27. The summed E-state index contributed by atoms with van der Waals surface area (Å²) in [6.45, 7) is 11.7. The van der Waals surface area contributed by atoms with Gasteiger partial charge in [-0.2, -0.15) is 0 Å². The Kier molecular flexibility index (Phi) is 6.28. The minimum absolute atomic E-state index is 0.111. The monoisotopic (exact) mass is 230 g/mol. The Morgan fingerprint density at radius 2 is 2.19 bits per heavy atom. The summed E-state index contributed by atoms with van der Waals surface area (Å²) in [7, 11) is 0. The van der Waals surface area contributed by atoms with Gasteiger partial charge in [-0.05, 0) is 12.8 Å². The lowest BCUT2D eigenvalue weighted by Gasteiger charge is -2.34. The molecule has 0 aromatic heterocycles. The number of hydrogen-bond donors (Lipinski definition) is 1. The van der Waals surface area contributed by atoms with E-state index in [1.807, 2.05) is 6.92 Å². The van der Waals surface area contributed by atoms with E-state index in [4.69, 9.17) is 15.2 Å². The van der Waals surface area contributed by atoms with Gasteiger partial charge in [0.05, 0.1) is 19.3 Å². The topological polar surface area (TPSA) is 47.7 Å². The standard InChI is InChI=1S/C12H26N2O2/c1-10(2)9-15-6-4-14-5-7-16-12(8-14)11(3)13/h10-12H,4-9,13H2,1-3H3. The third-order valence-electron chi connectivity index (χ3n) is 2.77. The third kappa shape index (κ3) is 5.25. The van der Waals surface area contributed by atoms with E-state index in [9.17, 15) is 0 Å². The molecule has 1 aliphatic rings. The van der Waals surface area contributed by atoms with E-state index >= 15 is 0 Å². The van der Waals surface area contributed by atoms with E-state index in [1.54, 1.807) is 0 Å². The molecule has 2 N–H and O–H groups in total. The lowest BCUT2D eigenvalue weighted by atomic mass is 10.1. The smallest absolute Gasteiger partial charge is 0.0850 e. The van der Waals surface area contributed by atoms with E-state index < -0.39 is 0 Å². The molecule has 2 unspecified atom stereocenters. The molecule has 1 fully saturated rings. The van der Waals surface area contributed by atoms with Gasteiger partial charge in [0.2, 0.25) is 0 Å². The maximum absolute atomic E-state index is 5.84. The van der Waals surface area contributed by atoms with Crippen LogP contribution in [0.25, 0.3) is 0 Å². The Labute approximate surface area is 99.1 Å². The average Bonchev–Trinajstić information content (AvgIpc) is 2.24. The van der Waals surface area contributed by atoms with Gasteiger partial charge in [-0.15, -0.1) is 0 Å². The number of nitrogens with two attached hydrogens (primary N) is 1. The second kappa shape index (κ2) is 7.22. The molecule has 0 amide bonds. The van der Waals surface area contributed by atoms with Crippen molar-refractivity contribution in [3.63, 3.8) is 0 Å². The summed E-state index contributed by atoms with van der Waals surface area (Å²) in [5.41, 5.74) is 5.84. The molecule has 0 saturated carbocycles. The predicted octanol–water partition coefficient (Wildman–Crippen LogP) is 0.707. The fourth-order valence-corrected chi connectivity index (χ4v) is 1.77. The molecule has 4 heteroatoms. The summed E-state index contributed by atoms with van der Waals surface area (Å²) in [5, 5.41) is 0. The summed E-state index contributed by atoms with van der Waals surface area (Å²) in [6.07, 6.45) is 0.179. The van der Waals surface area contributed by atoms with Crippen LogP contribution >= 0.6 is 0 Å². The van der Waals surface area contributed by atoms with Gasteiger partial charge < -0.3 is 15.2 Å². The maximum atomic E-state index is 5.84. The molecular formula is C12H26N2O2. The zero-order chi connectivity index (χ0) is 12.0. The summed E-state index contributed by atoms with van der Waals surface area (Å²) in [6, 6.07) is 0.111. The van der Waals surface area contributed by atoms with Gasteiger partial charge >= 0.3 is 0 Å². The Morgan fingerprint density at radius 3 is 2.81 bits per heavy atom. The third-order valence-corrected chi connectivity index (χ3v) is 2.77. The van der Waals surface area contributed by atoms with E-state index in [0.29, 0.717) is 5.92 Å². The number of ether oxygens (including phenoxy) is 2. The van der Waals surface area contributed by atoms with Crippen LogP contribution in [0.4, 0.5) is 0 Å². The van der Waals surface area contributed by atoms with Crippen LogP contribution in [0.1, 0.15) is 20.8 Å². The minimum atomic E-state index is 0.111. The molecule has 1 saturated heterocycles. The largest absolute Gasteiger partial charge is 0.380 e. The van der Waals surface area contributed by atoms with Gasteiger partial charge in [0, 0.05) is 32.3 Å². The van der Waals surface area contributed by atoms with E-state index in [0.717, 1.165) is 39.5 Å². The maximum Gasteiger partial charge on any atom is 0.0850 e. The van der Waals surface area contributed by atoms with Crippen LogP contribution < -0.4 is 5.73 Å². The molecule has 4 nitrogen and oxygen atoms in total. The molecule has 16 heavy (non-hydrogen) atoms. The van der Waals surface area contributed by atoms with Crippen LogP contribution in [0.5, 0.6) is 0 Å². The van der Waals surface area contributed by atoms with Crippen molar-refractivity contribution in [2.75, 3.05) is 39.5 Å². The first kappa shape index (κ1) is 13.9. The SMILES string of the molecule is CC(C)COCCN1CCOC(C(C)N)C1. The highest BCUT2D eigenvalue weighted by Gasteiger charge is 2.22. The van der Waals surface area contributed by atoms with Crippen LogP contribution in [-0.4, -0.2) is 56.5 Å². The molecule has 0 radical (unpaired) electrons. The number of rotatable bonds is 6. The molecule has 1 rings (SSSR count). The van der Waals surface area contributed by atoms with E-state index in [-0.39, 0.29) is 12.1 Å². The van der Waals surface area contributed by atoms with Gasteiger partial charge in [0.25, 0.3) is 0 Å². The first-order chi connectivity index (χ1) is 7.59. The molecule has 0 aromatic carbocycles. The van der Waals surface area contributed by atoms with Crippen LogP contribution in [0, 0.1) is 5.92 Å². The Bertz CT molecular complexity index is 186. The van der Waals surface area contributed by atoms with Gasteiger partial charge in [-0.25, -0.2) is 0 Å². The summed E-state index contributed by atoms with van der Waals surface area (Å²) < 4.78 is 11.2. The number of hydrogen-bond acceptors (Lipinski definition) is 4. The fourth-order valence-electron chi connectivity index (χ4n) is 1.77. The molecule has 1 heterocycles. The van der Waals surface area contributed by atoms with Crippen molar-refractivity contribution in [3.05, 3.63) is 0 Å². The Hall–Kier alpha value is -0.160. The van der Waals surface area contributed by atoms with Crippen molar-refractivity contribution in [1.82, 2.24) is 4.90 Å². The van der Waals surface area contributed by atoms with Crippen molar-refractivity contribution in [2.24, 2.45) is 11.7 Å². The number of morpholine rings is 1. The highest BCUT2D eigenvalue weighted by atomic mass is 16.5. The van der Waals surface area contributed by atoms with E-state index in [2.05, 4.69) is 18.7 Å². The molecule has 96 valence electrons. The van der Waals surface area contributed by atoms with Crippen molar-refractivity contribution in [3.8, 4) is 0 Å². The van der Waals surface area contributed by atoms with Crippen molar-refractivity contribution in [2.45, 2.75) is 32.9 Å². The van der Waals surface area contributed by atoms with Crippen molar-refractivity contribution in [1.29, 1.82) is 0 Å². The predicted molar refractivity (Wildman–Crippen MR) is 65.5 cm³/mol. The molecule has 0 bridgehead atoms. The first-order valence-corrected chi connectivity index (χ1v) is 6.27. The Balaban J connectivity index is 2.12. The van der Waals surface area contributed by atoms with Crippen LogP contribution in [0.2, 0.25) is 0 Å². The van der Waals surface area contributed by atoms with Crippen LogP contribution in [0.15, 0.2) is 0 Å². The zero-order valence-corrected chi connectivity index (χ0v) is 10.8. The van der Waals surface area contributed by atoms with Gasteiger partial charge in [-0.1, -0.05) is 13.8 Å². The highest BCUT2D eigenvalue weighted by molar-refractivity contribution is 4.77. The van der Waals surface area contributed by atoms with Gasteiger partial charge in [0.1, 0.15) is 0 Å². The normalized spacial score (nSPS) is 24.9.